The molecule has 0 unspecified atom stereocenters. The highest BCUT2D eigenvalue weighted by Crippen LogP contribution is 2.19. The summed E-state index contributed by atoms with van der Waals surface area (Å²) in [6.07, 6.45) is 0. The smallest absolute Gasteiger partial charge is 0.285 e. The van der Waals surface area contributed by atoms with E-state index >= 15 is 0 Å². The molecule has 1 aromatic rings. The molecule has 0 radical (unpaired) electrons. The molecule has 17 heavy (non-hydrogen) atoms. The average molecular weight is 303 g/mol. The molecule has 0 saturated carbocycles. The SMILES string of the molecule is C=C(Br)CNC(=O)c1ccc(F)cc1[N+](=O)[O-]. The van der Waals surface area contributed by atoms with Crippen LogP contribution in [0.1, 0.15) is 10.4 Å². The molecule has 7 heteroatoms. The van der Waals surface area contributed by atoms with Gasteiger partial charge < -0.3 is 5.32 Å². The first-order chi connectivity index (χ1) is 7.91. The van der Waals surface area contributed by atoms with Gasteiger partial charge in [-0.05, 0) is 12.1 Å². The fourth-order valence-corrected chi connectivity index (χ4v) is 1.26. The van der Waals surface area contributed by atoms with Crippen LogP contribution in [0.2, 0.25) is 0 Å². The Morgan fingerprint density at radius 1 is 1.59 bits per heavy atom. The molecule has 0 bridgehead atoms. The predicted molar refractivity (Wildman–Crippen MR) is 63.5 cm³/mol. The van der Waals surface area contributed by atoms with Gasteiger partial charge in [-0.1, -0.05) is 22.5 Å². The highest BCUT2D eigenvalue weighted by atomic mass is 79.9. The molecule has 1 rings (SSSR count). The number of nitro groups is 1. The Morgan fingerprint density at radius 2 is 2.24 bits per heavy atom. The minimum absolute atomic E-state index is 0.132. The summed E-state index contributed by atoms with van der Waals surface area (Å²) in [6.45, 7) is 3.63. The fraction of sp³-hybridized carbons (Fsp3) is 0.100. The molecule has 0 fully saturated rings. The van der Waals surface area contributed by atoms with Crippen LogP contribution in [0.4, 0.5) is 10.1 Å². The number of nitrogens with zero attached hydrogens (tertiary/aromatic N) is 1. The van der Waals surface area contributed by atoms with Crippen LogP contribution in [0.15, 0.2) is 29.3 Å². The van der Waals surface area contributed by atoms with Crippen LogP contribution >= 0.6 is 15.9 Å². The van der Waals surface area contributed by atoms with Gasteiger partial charge in [-0.3, -0.25) is 14.9 Å². The summed E-state index contributed by atoms with van der Waals surface area (Å²) in [5.41, 5.74) is -0.757. The number of rotatable bonds is 4. The number of halogens is 2. The van der Waals surface area contributed by atoms with E-state index < -0.39 is 22.3 Å². The normalized spacial score (nSPS) is 9.76. The Kier molecular flexibility index (Phi) is 4.33. The molecule has 1 N–H and O–H groups in total. The molecule has 1 amide bonds. The highest BCUT2D eigenvalue weighted by molar-refractivity contribution is 9.11. The lowest BCUT2D eigenvalue weighted by Crippen LogP contribution is -2.25. The molecule has 0 spiro atoms. The first-order valence-electron chi connectivity index (χ1n) is 4.47. The number of carbonyl (C=O) groups is 1. The van der Waals surface area contributed by atoms with E-state index in [0.717, 1.165) is 12.1 Å². The van der Waals surface area contributed by atoms with Crippen LogP contribution < -0.4 is 5.32 Å². The zero-order valence-corrected chi connectivity index (χ0v) is 10.2. The molecule has 0 atom stereocenters. The third-order valence-electron chi connectivity index (χ3n) is 1.84. The zero-order chi connectivity index (χ0) is 13.0. The summed E-state index contributed by atoms with van der Waals surface area (Å²) >= 11 is 3.03. The predicted octanol–water partition coefficient (Wildman–Crippen LogP) is 2.37. The standard InChI is InChI=1S/C10H8BrFN2O3/c1-6(11)5-13-10(15)8-3-2-7(12)4-9(8)14(16)17/h2-4H,1,5H2,(H,13,15). The number of hydrogen-bond acceptors (Lipinski definition) is 3. The molecular weight excluding hydrogens is 295 g/mol. The van der Waals surface area contributed by atoms with Crippen molar-refractivity contribution in [2.24, 2.45) is 0 Å². The summed E-state index contributed by atoms with van der Waals surface area (Å²) in [5.74, 6) is -1.42. The third kappa shape index (κ3) is 3.63. The molecule has 5 nitrogen and oxygen atoms in total. The maximum atomic E-state index is 12.8. The van der Waals surface area contributed by atoms with Gasteiger partial charge in [0.15, 0.2) is 0 Å². The van der Waals surface area contributed by atoms with Gasteiger partial charge in [0, 0.05) is 11.0 Å². The van der Waals surface area contributed by atoms with E-state index in [4.69, 9.17) is 0 Å². The maximum absolute atomic E-state index is 12.8. The van der Waals surface area contributed by atoms with Crippen molar-refractivity contribution in [3.63, 3.8) is 0 Å². The lowest BCUT2D eigenvalue weighted by Gasteiger charge is -2.04. The molecule has 1 aromatic carbocycles. The maximum Gasteiger partial charge on any atom is 0.285 e. The van der Waals surface area contributed by atoms with E-state index in [1.165, 1.54) is 0 Å². The second kappa shape index (κ2) is 5.53. The van der Waals surface area contributed by atoms with Crippen LogP contribution in [-0.4, -0.2) is 17.4 Å². The average Bonchev–Trinajstić information content (AvgIpc) is 2.25. The number of hydrogen-bond donors (Lipinski definition) is 1. The minimum Gasteiger partial charge on any atom is -0.347 e. The van der Waals surface area contributed by atoms with Crippen molar-refractivity contribution in [2.75, 3.05) is 6.54 Å². The van der Waals surface area contributed by atoms with E-state index in [-0.39, 0.29) is 12.1 Å². The highest BCUT2D eigenvalue weighted by Gasteiger charge is 2.20. The lowest BCUT2D eigenvalue weighted by molar-refractivity contribution is -0.385. The van der Waals surface area contributed by atoms with Crippen molar-refractivity contribution in [1.29, 1.82) is 0 Å². The zero-order valence-electron chi connectivity index (χ0n) is 8.57. The summed E-state index contributed by atoms with van der Waals surface area (Å²) in [7, 11) is 0. The Labute approximate surface area is 105 Å². The molecule has 0 aliphatic heterocycles. The van der Waals surface area contributed by atoms with Gasteiger partial charge in [-0.15, -0.1) is 0 Å². The van der Waals surface area contributed by atoms with Gasteiger partial charge in [-0.25, -0.2) is 4.39 Å². The number of nitro benzene ring substituents is 1. The van der Waals surface area contributed by atoms with E-state index in [1.54, 1.807) is 0 Å². The van der Waals surface area contributed by atoms with Crippen molar-refractivity contribution >= 4 is 27.5 Å². The molecular formula is C10H8BrFN2O3. The van der Waals surface area contributed by atoms with Gasteiger partial charge >= 0.3 is 0 Å². The number of carbonyl (C=O) groups excluding carboxylic acids is 1. The first kappa shape index (κ1) is 13.3. The largest absolute Gasteiger partial charge is 0.347 e. The Balaban J connectivity index is 3.00. The number of amides is 1. The van der Waals surface area contributed by atoms with E-state index in [9.17, 15) is 19.3 Å². The van der Waals surface area contributed by atoms with Crippen LogP contribution in [0.3, 0.4) is 0 Å². The number of nitrogens with one attached hydrogen (secondary N) is 1. The van der Waals surface area contributed by atoms with E-state index in [2.05, 4.69) is 27.8 Å². The van der Waals surface area contributed by atoms with Gasteiger partial charge in [0.25, 0.3) is 11.6 Å². The van der Waals surface area contributed by atoms with Crippen molar-refractivity contribution in [3.8, 4) is 0 Å². The van der Waals surface area contributed by atoms with Gasteiger partial charge in [0.05, 0.1) is 11.0 Å². The summed E-state index contributed by atoms with van der Waals surface area (Å²) in [5, 5.41) is 13.0. The molecule has 0 aromatic heterocycles. The lowest BCUT2D eigenvalue weighted by atomic mass is 10.1. The van der Waals surface area contributed by atoms with Gasteiger partial charge in [-0.2, -0.15) is 0 Å². The molecule has 0 aliphatic carbocycles. The van der Waals surface area contributed by atoms with Crippen molar-refractivity contribution in [2.45, 2.75) is 0 Å². The first-order valence-corrected chi connectivity index (χ1v) is 5.26. The fourth-order valence-electron chi connectivity index (χ4n) is 1.12. The monoisotopic (exact) mass is 302 g/mol. The number of benzene rings is 1. The summed E-state index contributed by atoms with van der Waals surface area (Å²) in [6, 6.07) is 2.77. The van der Waals surface area contributed by atoms with Crippen LogP contribution in [0.5, 0.6) is 0 Å². The quantitative estimate of drug-likeness (QED) is 0.685. The Hall–Kier alpha value is -1.76. The Bertz CT molecular complexity index is 490. The molecule has 0 aliphatic rings. The van der Waals surface area contributed by atoms with Crippen molar-refractivity contribution in [3.05, 3.63) is 50.8 Å². The Morgan fingerprint density at radius 3 is 2.76 bits per heavy atom. The van der Waals surface area contributed by atoms with Crippen molar-refractivity contribution < 1.29 is 14.1 Å². The van der Waals surface area contributed by atoms with E-state index in [0.29, 0.717) is 10.5 Å². The van der Waals surface area contributed by atoms with Gasteiger partial charge in [0.2, 0.25) is 0 Å². The molecule has 90 valence electrons. The van der Waals surface area contributed by atoms with Crippen LogP contribution in [-0.2, 0) is 0 Å². The molecule has 0 heterocycles. The topological polar surface area (TPSA) is 72.2 Å². The second-order valence-corrected chi connectivity index (χ2v) is 4.24. The molecule has 0 saturated heterocycles. The summed E-state index contributed by atoms with van der Waals surface area (Å²) < 4.78 is 13.4. The van der Waals surface area contributed by atoms with Crippen molar-refractivity contribution in [1.82, 2.24) is 5.32 Å². The minimum atomic E-state index is -0.805. The third-order valence-corrected chi connectivity index (χ3v) is 2.12. The van der Waals surface area contributed by atoms with Crippen LogP contribution in [0, 0.1) is 15.9 Å². The van der Waals surface area contributed by atoms with E-state index in [1.807, 2.05) is 0 Å². The van der Waals surface area contributed by atoms with Gasteiger partial charge in [0.1, 0.15) is 11.4 Å². The summed E-state index contributed by atoms with van der Waals surface area (Å²) in [4.78, 5) is 21.4. The second-order valence-electron chi connectivity index (χ2n) is 3.12. The van der Waals surface area contributed by atoms with Crippen LogP contribution in [0.25, 0.3) is 0 Å².